The number of likely N-dealkylation sites (N-methyl/N-ethyl adjacent to an activating group) is 1. The maximum absolute atomic E-state index is 13.9. The molecule has 12 heteroatoms. The number of carbonyl (C=O) groups is 2. The molecule has 0 bridgehead atoms. The molecular formula is C28H34F3N5O4. The molecule has 2 atom stereocenters. The zero-order chi connectivity index (χ0) is 29.4. The summed E-state index contributed by atoms with van der Waals surface area (Å²) in [5.41, 5.74) is 4.87. The number of ketones is 1. The number of fused-ring (bicyclic) bond motifs is 1. The number of anilines is 1. The van der Waals surface area contributed by atoms with Crippen LogP contribution in [0.25, 0.3) is 5.69 Å². The number of methoxy groups -OCH3 is 1. The SMILES string of the molecule is COC1C=CC(Nc2cc(-n3nc(C(F)(F)F)c4c3CC(C)(C)CC4=O)ccc2C(N)=O)=CC1OCCN(C)C. The van der Waals surface area contributed by atoms with Gasteiger partial charge in [-0.1, -0.05) is 19.9 Å². The highest BCUT2D eigenvalue weighted by Crippen LogP contribution is 2.42. The molecular weight excluding hydrogens is 527 g/mol. The van der Waals surface area contributed by atoms with Gasteiger partial charge in [-0.25, -0.2) is 4.68 Å². The summed E-state index contributed by atoms with van der Waals surface area (Å²) >= 11 is 0. The van der Waals surface area contributed by atoms with Crippen molar-refractivity contribution in [3.63, 3.8) is 0 Å². The highest BCUT2D eigenvalue weighted by molar-refractivity contribution is 6.01. The second kappa shape index (κ2) is 11.2. The molecule has 9 nitrogen and oxygen atoms in total. The molecule has 1 aromatic heterocycles. The minimum Gasteiger partial charge on any atom is -0.374 e. The van der Waals surface area contributed by atoms with Gasteiger partial charge < -0.3 is 25.4 Å². The number of rotatable bonds is 9. The topological polar surface area (TPSA) is 112 Å². The first-order chi connectivity index (χ1) is 18.7. The van der Waals surface area contributed by atoms with Gasteiger partial charge in [0.1, 0.15) is 12.2 Å². The summed E-state index contributed by atoms with van der Waals surface area (Å²) in [6, 6.07) is 4.38. The van der Waals surface area contributed by atoms with Gasteiger partial charge in [0.25, 0.3) is 5.91 Å². The molecule has 0 spiro atoms. The number of nitrogens with one attached hydrogen (secondary N) is 1. The average molecular weight is 562 g/mol. The molecule has 40 heavy (non-hydrogen) atoms. The molecule has 2 aromatic rings. The number of allylic oxidation sites excluding steroid dienone is 1. The summed E-state index contributed by atoms with van der Waals surface area (Å²) in [6.45, 7) is 4.81. The molecule has 2 aliphatic carbocycles. The van der Waals surface area contributed by atoms with E-state index in [0.717, 1.165) is 4.68 Å². The van der Waals surface area contributed by atoms with Crippen molar-refractivity contribution in [1.82, 2.24) is 14.7 Å². The molecule has 1 heterocycles. The minimum atomic E-state index is -4.81. The number of nitrogens with two attached hydrogens (primary N) is 1. The molecule has 2 aliphatic rings. The van der Waals surface area contributed by atoms with Crippen LogP contribution in [0.15, 0.2) is 42.1 Å². The maximum Gasteiger partial charge on any atom is 0.435 e. The molecule has 1 aromatic carbocycles. The molecule has 0 radical (unpaired) electrons. The minimum absolute atomic E-state index is 0.0110. The summed E-state index contributed by atoms with van der Waals surface area (Å²) in [4.78, 5) is 27.1. The largest absolute Gasteiger partial charge is 0.435 e. The first-order valence-corrected chi connectivity index (χ1v) is 12.8. The lowest BCUT2D eigenvalue weighted by molar-refractivity contribution is -0.141. The predicted molar refractivity (Wildman–Crippen MR) is 143 cm³/mol. The Hall–Kier alpha value is -3.48. The van der Waals surface area contributed by atoms with Crippen LogP contribution < -0.4 is 11.1 Å². The van der Waals surface area contributed by atoms with Crippen molar-refractivity contribution in [2.24, 2.45) is 11.1 Å². The lowest BCUT2D eigenvalue weighted by Gasteiger charge is -2.29. The zero-order valence-corrected chi connectivity index (χ0v) is 23.1. The smallest absolute Gasteiger partial charge is 0.374 e. The summed E-state index contributed by atoms with van der Waals surface area (Å²) in [5, 5.41) is 7.00. The monoisotopic (exact) mass is 561 g/mol. The first kappa shape index (κ1) is 29.5. The normalized spacial score (nSPS) is 20.4. The van der Waals surface area contributed by atoms with Crippen molar-refractivity contribution in [2.75, 3.05) is 39.7 Å². The van der Waals surface area contributed by atoms with Crippen LogP contribution in [0.4, 0.5) is 18.9 Å². The number of nitrogens with zero attached hydrogens (tertiary/aromatic N) is 3. The molecule has 216 valence electrons. The predicted octanol–water partition coefficient (Wildman–Crippen LogP) is 3.97. The maximum atomic E-state index is 13.9. The Morgan fingerprint density at radius 3 is 2.60 bits per heavy atom. The lowest BCUT2D eigenvalue weighted by Crippen LogP contribution is -2.33. The summed E-state index contributed by atoms with van der Waals surface area (Å²) in [6.07, 6.45) is 0.0291. The number of carbonyl (C=O) groups excluding carboxylic acids is 2. The fourth-order valence-electron chi connectivity index (χ4n) is 4.94. The number of hydrogen-bond acceptors (Lipinski definition) is 7. The van der Waals surface area contributed by atoms with E-state index in [-0.39, 0.29) is 41.6 Å². The van der Waals surface area contributed by atoms with Gasteiger partial charge in [-0.2, -0.15) is 18.3 Å². The van der Waals surface area contributed by atoms with E-state index in [0.29, 0.717) is 18.8 Å². The second-order valence-corrected chi connectivity index (χ2v) is 11.1. The highest BCUT2D eigenvalue weighted by Gasteiger charge is 2.45. The number of aromatic nitrogens is 2. The van der Waals surface area contributed by atoms with Crippen LogP contribution in [0.3, 0.4) is 0 Å². The van der Waals surface area contributed by atoms with Gasteiger partial charge in [-0.3, -0.25) is 9.59 Å². The third kappa shape index (κ3) is 6.29. The van der Waals surface area contributed by atoms with E-state index in [9.17, 15) is 22.8 Å². The van der Waals surface area contributed by atoms with Crippen molar-refractivity contribution in [1.29, 1.82) is 0 Å². The van der Waals surface area contributed by atoms with E-state index in [2.05, 4.69) is 10.4 Å². The van der Waals surface area contributed by atoms with E-state index in [4.69, 9.17) is 15.2 Å². The number of Topliss-reactive ketones (excluding diaryl/α,β-unsaturated/α-hetero) is 1. The number of benzene rings is 1. The van der Waals surface area contributed by atoms with E-state index >= 15 is 0 Å². The Labute approximate surface area is 230 Å². The lowest BCUT2D eigenvalue weighted by atomic mass is 9.75. The third-order valence-electron chi connectivity index (χ3n) is 6.86. The molecule has 0 aliphatic heterocycles. The number of amides is 1. The zero-order valence-electron chi connectivity index (χ0n) is 23.1. The van der Waals surface area contributed by atoms with Gasteiger partial charge in [-0.15, -0.1) is 0 Å². The summed E-state index contributed by atoms with van der Waals surface area (Å²) in [7, 11) is 5.44. The molecule has 3 N–H and O–H groups in total. The van der Waals surface area contributed by atoms with Crippen molar-refractivity contribution >= 4 is 17.4 Å². The van der Waals surface area contributed by atoms with E-state index in [1.54, 1.807) is 19.3 Å². The van der Waals surface area contributed by atoms with Crippen LogP contribution in [0, 0.1) is 5.41 Å². The molecule has 0 saturated heterocycles. The van der Waals surface area contributed by atoms with Gasteiger partial charge in [0, 0.05) is 25.8 Å². The van der Waals surface area contributed by atoms with Crippen molar-refractivity contribution in [2.45, 2.75) is 45.1 Å². The molecule has 0 fully saturated rings. The van der Waals surface area contributed by atoms with Crippen LogP contribution >= 0.6 is 0 Å². The number of primary amides is 1. The van der Waals surface area contributed by atoms with Crippen molar-refractivity contribution in [3.8, 4) is 5.69 Å². The number of hydrogen-bond donors (Lipinski definition) is 2. The van der Waals surface area contributed by atoms with Crippen LogP contribution in [-0.2, 0) is 22.1 Å². The Bertz CT molecular complexity index is 1360. The number of halogens is 3. The van der Waals surface area contributed by atoms with Crippen molar-refractivity contribution < 1.29 is 32.2 Å². The standard InChI is InChI=1S/C28H34F3N5O4/c1-27(2)14-20-24(21(37)15-27)25(28(29,30)31)34-36(20)17-7-8-18(26(32)38)19(13-17)33-16-6-9-22(39-5)23(12-16)40-11-10-35(3)4/h6-9,12-13,22-23,33H,10-11,14-15H2,1-5H3,(H2,32,38). The highest BCUT2D eigenvalue weighted by atomic mass is 19.4. The quantitative estimate of drug-likeness (QED) is 0.477. The van der Waals surface area contributed by atoms with Gasteiger partial charge in [0.2, 0.25) is 0 Å². The Kier molecular flexibility index (Phi) is 8.25. The molecule has 2 unspecified atom stereocenters. The van der Waals surface area contributed by atoms with Crippen LogP contribution in [0.1, 0.15) is 52.4 Å². The average Bonchev–Trinajstić information content (AvgIpc) is 3.23. The van der Waals surface area contributed by atoms with E-state index in [1.807, 2.05) is 38.9 Å². The van der Waals surface area contributed by atoms with Crippen LogP contribution in [0.5, 0.6) is 0 Å². The van der Waals surface area contributed by atoms with E-state index < -0.39 is 40.6 Å². The number of ether oxygens (including phenoxy) is 2. The van der Waals surface area contributed by atoms with Gasteiger partial charge >= 0.3 is 6.18 Å². The third-order valence-corrected chi connectivity index (χ3v) is 6.86. The van der Waals surface area contributed by atoms with Crippen LogP contribution in [0.2, 0.25) is 0 Å². The van der Waals surface area contributed by atoms with Crippen LogP contribution in [-0.4, -0.2) is 72.9 Å². The Morgan fingerprint density at radius 1 is 1.25 bits per heavy atom. The molecule has 4 rings (SSSR count). The van der Waals surface area contributed by atoms with Gasteiger partial charge in [0.05, 0.1) is 34.8 Å². The fraction of sp³-hybridized carbons (Fsp3) is 0.464. The summed E-state index contributed by atoms with van der Waals surface area (Å²) in [5.74, 6) is -1.32. The fourth-order valence-corrected chi connectivity index (χ4v) is 4.94. The number of alkyl halides is 3. The first-order valence-electron chi connectivity index (χ1n) is 12.8. The Balaban J connectivity index is 1.74. The van der Waals surface area contributed by atoms with Crippen molar-refractivity contribution in [3.05, 3.63) is 64.6 Å². The molecule has 1 amide bonds. The summed E-state index contributed by atoms with van der Waals surface area (Å²) < 4.78 is 54.4. The van der Waals surface area contributed by atoms with Gasteiger partial charge in [-0.05, 0) is 56.3 Å². The van der Waals surface area contributed by atoms with Gasteiger partial charge in [0.15, 0.2) is 11.5 Å². The molecule has 0 saturated carbocycles. The second-order valence-electron chi connectivity index (χ2n) is 11.1. The Morgan fingerprint density at radius 2 is 1.98 bits per heavy atom. The van der Waals surface area contributed by atoms with E-state index in [1.165, 1.54) is 18.2 Å².